The van der Waals surface area contributed by atoms with Gasteiger partial charge >= 0.3 is 0 Å². The van der Waals surface area contributed by atoms with Gasteiger partial charge in [0.25, 0.3) is 0 Å². The first-order valence-corrected chi connectivity index (χ1v) is 8.63. The lowest BCUT2D eigenvalue weighted by Crippen LogP contribution is -2.54. The number of hydrogen-bond donors (Lipinski definition) is 1. The zero-order valence-corrected chi connectivity index (χ0v) is 13.0. The van der Waals surface area contributed by atoms with E-state index in [9.17, 15) is 0 Å². The van der Waals surface area contributed by atoms with Crippen LogP contribution in [-0.4, -0.2) is 37.1 Å². The Bertz CT molecular complexity index is 290. The summed E-state index contributed by atoms with van der Waals surface area (Å²) in [5.41, 5.74) is 0.666. The van der Waals surface area contributed by atoms with Crippen molar-refractivity contribution in [1.82, 2.24) is 10.2 Å². The average Bonchev–Trinajstić information content (AvgIpc) is 3.12. The molecule has 0 bridgehead atoms. The maximum atomic E-state index is 3.75. The lowest BCUT2D eigenvalue weighted by Gasteiger charge is -2.41. The molecule has 1 unspecified atom stereocenters. The van der Waals surface area contributed by atoms with E-state index in [2.05, 4.69) is 24.1 Å². The highest BCUT2D eigenvalue weighted by Gasteiger charge is 2.39. The van der Waals surface area contributed by atoms with Gasteiger partial charge < -0.3 is 5.32 Å². The minimum atomic E-state index is 0.666. The van der Waals surface area contributed by atoms with E-state index in [1.165, 1.54) is 71.1 Å². The van der Waals surface area contributed by atoms with Crippen LogP contribution in [0.25, 0.3) is 0 Å². The monoisotopic (exact) mass is 264 g/mol. The molecule has 19 heavy (non-hydrogen) atoms. The Balaban J connectivity index is 1.58. The highest BCUT2D eigenvalue weighted by molar-refractivity contribution is 4.94. The summed E-state index contributed by atoms with van der Waals surface area (Å²) in [5.74, 6) is 1.87. The Morgan fingerprint density at radius 1 is 1.21 bits per heavy atom. The van der Waals surface area contributed by atoms with Gasteiger partial charge in [0.1, 0.15) is 0 Å². The van der Waals surface area contributed by atoms with E-state index in [1.54, 1.807) is 0 Å². The lowest BCUT2D eigenvalue weighted by molar-refractivity contribution is 0.0980. The van der Waals surface area contributed by atoms with Crippen LogP contribution in [-0.2, 0) is 0 Å². The molecule has 3 aliphatic rings. The van der Waals surface area contributed by atoms with Crippen LogP contribution >= 0.6 is 0 Å². The molecule has 2 aliphatic carbocycles. The molecule has 1 atom stereocenters. The van der Waals surface area contributed by atoms with E-state index >= 15 is 0 Å². The van der Waals surface area contributed by atoms with Crippen LogP contribution in [0.2, 0.25) is 0 Å². The molecule has 0 aromatic rings. The molecule has 0 spiro atoms. The topological polar surface area (TPSA) is 15.3 Å². The van der Waals surface area contributed by atoms with Crippen molar-refractivity contribution in [3.8, 4) is 0 Å². The summed E-state index contributed by atoms with van der Waals surface area (Å²) in [7, 11) is 0. The minimum absolute atomic E-state index is 0.666. The van der Waals surface area contributed by atoms with Crippen LogP contribution < -0.4 is 5.32 Å². The molecule has 1 aliphatic heterocycles. The first-order valence-electron chi connectivity index (χ1n) is 8.63. The summed E-state index contributed by atoms with van der Waals surface area (Å²) in [6.07, 6.45) is 10.3. The van der Waals surface area contributed by atoms with Gasteiger partial charge in [-0.25, -0.2) is 0 Å². The lowest BCUT2D eigenvalue weighted by atomic mass is 9.78. The summed E-state index contributed by atoms with van der Waals surface area (Å²) in [4.78, 5) is 2.80. The van der Waals surface area contributed by atoms with Gasteiger partial charge in [0.2, 0.25) is 0 Å². The Kier molecular flexibility index (Phi) is 4.19. The molecule has 0 amide bonds. The molecule has 3 rings (SSSR count). The van der Waals surface area contributed by atoms with Gasteiger partial charge in [-0.2, -0.15) is 0 Å². The van der Waals surface area contributed by atoms with E-state index in [-0.39, 0.29) is 0 Å². The standard InChI is InChI=1S/C17H32N2/c1-14(2)11-17(7-3-4-8-17)13-19-10-9-18-16(12-19)15-5-6-15/h14-16,18H,3-13H2,1-2H3. The molecule has 2 nitrogen and oxygen atoms in total. The zero-order chi connectivity index (χ0) is 13.3. The Labute approximate surface area is 119 Å². The molecule has 0 aromatic carbocycles. The summed E-state index contributed by atoms with van der Waals surface area (Å²) >= 11 is 0. The smallest absolute Gasteiger partial charge is 0.0223 e. The van der Waals surface area contributed by atoms with E-state index in [4.69, 9.17) is 0 Å². The van der Waals surface area contributed by atoms with Gasteiger partial charge in [0, 0.05) is 32.2 Å². The zero-order valence-electron chi connectivity index (χ0n) is 13.0. The first kappa shape index (κ1) is 13.9. The van der Waals surface area contributed by atoms with Crippen molar-refractivity contribution in [3.63, 3.8) is 0 Å². The molecule has 110 valence electrons. The van der Waals surface area contributed by atoms with Crippen molar-refractivity contribution in [2.24, 2.45) is 17.3 Å². The molecular formula is C17H32N2. The third kappa shape index (κ3) is 3.52. The highest BCUT2D eigenvalue weighted by atomic mass is 15.2. The van der Waals surface area contributed by atoms with Crippen molar-refractivity contribution in [2.45, 2.75) is 64.8 Å². The molecular weight excluding hydrogens is 232 g/mol. The van der Waals surface area contributed by atoms with Gasteiger partial charge in [-0.15, -0.1) is 0 Å². The quantitative estimate of drug-likeness (QED) is 0.820. The third-order valence-electron chi connectivity index (χ3n) is 5.54. The molecule has 0 radical (unpaired) electrons. The summed E-state index contributed by atoms with van der Waals surface area (Å²) in [6.45, 7) is 10.0. The van der Waals surface area contributed by atoms with Crippen LogP contribution in [0.15, 0.2) is 0 Å². The van der Waals surface area contributed by atoms with E-state index < -0.39 is 0 Å². The second-order valence-electron chi connectivity index (χ2n) is 7.94. The van der Waals surface area contributed by atoms with Gasteiger partial charge in [0.05, 0.1) is 0 Å². The van der Waals surface area contributed by atoms with Crippen LogP contribution in [0.5, 0.6) is 0 Å². The number of nitrogens with one attached hydrogen (secondary N) is 1. The van der Waals surface area contributed by atoms with E-state index in [0.29, 0.717) is 5.41 Å². The van der Waals surface area contributed by atoms with Crippen LogP contribution in [0.3, 0.4) is 0 Å². The number of nitrogens with zero attached hydrogens (tertiary/aromatic N) is 1. The van der Waals surface area contributed by atoms with Gasteiger partial charge in [-0.05, 0) is 49.4 Å². The first-order chi connectivity index (χ1) is 9.17. The average molecular weight is 264 g/mol. The predicted octanol–water partition coefficient (Wildman–Crippen LogP) is 3.28. The SMILES string of the molecule is CC(C)CC1(CN2CCNC(C3CC3)C2)CCCC1. The molecule has 3 fully saturated rings. The summed E-state index contributed by atoms with van der Waals surface area (Å²) < 4.78 is 0. The maximum Gasteiger partial charge on any atom is 0.0223 e. The third-order valence-corrected chi connectivity index (χ3v) is 5.54. The fraction of sp³-hybridized carbons (Fsp3) is 1.00. The molecule has 2 saturated carbocycles. The van der Waals surface area contributed by atoms with Gasteiger partial charge in [-0.3, -0.25) is 4.90 Å². The van der Waals surface area contributed by atoms with Gasteiger partial charge in [-0.1, -0.05) is 26.7 Å². The molecule has 1 N–H and O–H groups in total. The van der Waals surface area contributed by atoms with Crippen LogP contribution in [0, 0.1) is 17.3 Å². The Morgan fingerprint density at radius 2 is 1.95 bits per heavy atom. The number of hydrogen-bond acceptors (Lipinski definition) is 2. The molecule has 1 saturated heterocycles. The Hall–Kier alpha value is -0.0800. The maximum absolute atomic E-state index is 3.75. The van der Waals surface area contributed by atoms with Crippen molar-refractivity contribution in [2.75, 3.05) is 26.2 Å². The highest BCUT2D eigenvalue weighted by Crippen LogP contribution is 2.44. The van der Waals surface area contributed by atoms with Crippen molar-refractivity contribution in [3.05, 3.63) is 0 Å². The largest absolute Gasteiger partial charge is 0.311 e. The van der Waals surface area contributed by atoms with E-state index in [0.717, 1.165) is 17.9 Å². The van der Waals surface area contributed by atoms with Crippen LogP contribution in [0.4, 0.5) is 0 Å². The predicted molar refractivity (Wildman–Crippen MR) is 81.3 cm³/mol. The second kappa shape index (κ2) is 5.73. The fourth-order valence-corrected chi connectivity index (χ4v) is 4.69. The van der Waals surface area contributed by atoms with Crippen molar-refractivity contribution < 1.29 is 0 Å². The molecule has 1 heterocycles. The molecule has 0 aromatic heterocycles. The number of rotatable bonds is 5. The van der Waals surface area contributed by atoms with Gasteiger partial charge in [0.15, 0.2) is 0 Å². The summed E-state index contributed by atoms with van der Waals surface area (Å²) in [6, 6.07) is 0.811. The summed E-state index contributed by atoms with van der Waals surface area (Å²) in [5, 5.41) is 3.75. The van der Waals surface area contributed by atoms with Crippen molar-refractivity contribution in [1.29, 1.82) is 0 Å². The fourth-order valence-electron chi connectivity index (χ4n) is 4.69. The normalized spacial score (nSPS) is 32.1. The number of piperazine rings is 1. The molecule has 2 heteroatoms. The second-order valence-corrected chi connectivity index (χ2v) is 7.94. The van der Waals surface area contributed by atoms with Crippen molar-refractivity contribution >= 4 is 0 Å². The minimum Gasteiger partial charge on any atom is -0.311 e. The van der Waals surface area contributed by atoms with E-state index in [1.807, 2.05) is 0 Å². The van der Waals surface area contributed by atoms with Crippen LogP contribution in [0.1, 0.15) is 58.8 Å². The Morgan fingerprint density at radius 3 is 2.58 bits per heavy atom.